The highest BCUT2D eigenvalue weighted by atomic mass is 35.5. The Bertz CT molecular complexity index is 748. The maximum absolute atomic E-state index is 12.9. The van der Waals surface area contributed by atoms with Gasteiger partial charge in [0.15, 0.2) is 0 Å². The van der Waals surface area contributed by atoms with Crippen LogP contribution in [0.15, 0.2) is 47.4 Å². The number of sulfonamides is 1. The van der Waals surface area contributed by atoms with E-state index < -0.39 is 15.8 Å². The summed E-state index contributed by atoms with van der Waals surface area (Å²) in [5.74, 6) is -0.435. The van der Waals surface area contributed by atoms with Gasteiger partial charge in [-0.15, -0.1) is 0 Å². The highest BCUT2D eigenvalue weighted by molar-refractivity contribution is 7.93. The van der Waals surface area contributed by atoms with Gasteiger partial charge in [0.1, 0.15) is 10.7 Å². The van der Waals surface area contributed by atoms with Gasteiger partial charge in [-0.1, -0.05) is 17.7 Å². The first kappa shape index (κ1) is 15.8. The van der Waals surface area contributed by atoms with E-state index in [1.165, 1.54) is 43.4 Å². The molecule has 0 aliphatic rings. The molecule has 21 heavy (non-hydrogen) atoms. The largest absolute Gasteiger partial charge is 0.326 e. The lowest BCUT2D eigenvalue weighted by atomic mass is 10.2. The molecular formula is C14H14ClFN2O2S. The van der Waals surface area contributed by atoms with E-state index in [1.807, 2.05) is 0 Å². The molecule has 0 heterocycles. The van der Waals surface area contributed by atoms with E-state index in [4.69, 9.17) is 17.3 Å². The van der Waals surface area contributed by atoms with Crippen molar-refractivity contribution >= 4 is 27.3 Å². The number of nitrogens with two attached hydrogens (primary N) is 1. The second-order valence-electron chi connectivity index (χ2n) is 4.42. The van der Waals surface area contributed by atoms with Crippen LogP contribution in [0.2, 0.25) is 5.02 Å². The first-order chi connectivity index (χ1) is 9.86. The highest BCUT2D eigenvalue weighted by Gasteiger charge is 2.24. The van der Waals surface area contributed by atoms with E-state index in [2.05, 4.69) is 0 Å². The standard InChI is InChI=1S/C14H14ClFN2O2S/c1-18(12-5-3-11(16)4-6-12)21(19,20)14-7-2-10(9-17)8-13(14)15/h2-8H,9,17H2,1H3. The van der Waals surface area contributed by atoms with E-state index >= 15 is 0 Å². The van der Waals surface area contributed by atoms with E-state index in [1.54, 1.807) is 6.07 Å². The predicted molar refractivity (Wildman–Crippen MR) is 81.3 cm³/mol. The number of hydrogen-bond donors (Lipinski definition) is 1. The molecule has 2 rings (SSSR count). The van der Waals surface area contributed by atoms with E-state index in [-0.39, 0.29) is 16.5 Å². The summed E-state index contributed by atoms with van der Waals surface area (Å²) in [5, 5.41) is 0.104. The minimum Gasteiger partial charge on any atom is -0.326 e. The van der Waals surface area contributed by atoms with Gasteiger partial charge in [-0.2, -0.15) is 0 Å². The molecule has 7 heteroatoms. The Balaban J connectivity index is 2.44. The Morgan fingerprint density at radius 2 is 1.81 bits per heavy atom. The van der Waals surface area contributed by atoms with Crippen molar-refractivity contribution in [3.05, 3.63) is 58.9 Å². The molecule has 0 aliphatic heterocycles. The average molecular weight is 329 g/mol. The lowest BCUT2D eigenvalue weighted by Crippen LogP contribution is -2.26. The van der Waals surface area contributed by atoms with Crippen LogP contribution in [-0.2, 0) is 16.6 Å². The van der Waals surface area contributed by atoms with Gasteiger partial charge in [-0.05, 0) is 42.0 Å². The zero-order valence-corrected chi connectivity index (χ0v) is 12.8. The fourth-order valence-corrected chi connectivity index (χ4v) is 3.55. The number of nitrogens with zero attached hydrogens (tertiary/aromatic N) is 1. The number of hydrogen-bond acceptors (Lipinski definition) is 3. The molecule has 0 saturated carbocycles. The van der Waals surface area contributed by atoms with Crippen molar-refractivity contribution in [1.29, 1.82) is 0 Å². The Morgan fingerprint density at radius 1 is 1.19 bits per heavy atom. The molecule has 2 aromatic rings. The normalized spacial score (nSPS) is 11.4. The van der Waals surface area contributed by atoms with Crippen LogP contribution in [0, 0.1) is 5.82 Å². The topological polar surface area (TPSA) is 63.4 Å². The van der Waals surface area contributed by atoms with Gasteiger partial charge in [0.25, 0.3) is 10.0 Å². The van der Waals surface area contributed by atoms with E-state index in [0.29, 0.717) is 5.69 Å². The van der Waals surface area contributed by atoms with Crippen molar-refractivity contribution in [2.75, 3.05) is 11.4 Å². The van der Waals surface area contributed by atoms with Crippen LogP contribution in [0.5, 0.6) is 0 Å². The van der Waals surface area contributed by atoms with Crippen molar-refractivity contribution < 1.29 is 12.8 Å². The molecule has 0 bridgehead atoms. The van der Waals surface area contributed by atoms with Gasteiger partial charge in [0, 0.05) is 13.6 Å². The van der Waals surface area contributed by atoms with Gasteiger partial charge < -0.3 is 5.73 Å². The number of anilines is 1. The first-order valence-electron chi connectivity index (χ1n) is 6.09. The zero-order valence-electron chi connectivity index (χ0n) is 11.3. The summed E-state index contributed by atoms with van der Waals surface area (Å²) in [6.45, 7) is 0.272. The number of halogens is 2. The molecule has 0 atom stereocenters. The second-order valence-corrected chi connectivity index (χ2v) is 6.76. The molecule has 0 spiro atoms. The summed E-state index contributed by atoms with van der Waals surface area (Å²) in [5.41, 5.74) is 6.57. The molecule has 2 aromatic carbocycles. The van der Waals surface area contributed by atoms with Crippen LogP contribution >= 0.6 is 11.6 Å². The Kier molecular flexibility index (Phi) is 4.51. The fraction of sp³-hybridized carbons (Fsp3) is 0.143. The van der Waals surface area contributed by atoms with Gasteiger partial charge in [-0.25, -0.2) is 12.8 Å². The summed E-state index contributed by atoms with van der Waals surface area (Å²) in [7, 11) is -2.44. The Hall–Kier alpha value is -1.63. The summed E-state index contributed by atoms with van der Waals surface area (Å²) in [4.78, 5) is -0.0202. The zero-order chi connectivity index (χ0) is 15.6. The Labute approximate surface area is 128 Å². The Morgan fingerprint density at radius 3 is 2.33 bits per heavy atom. The van der Waals surface area contributed by atoms with Crippen molar-refractivity contribution in [2.24, 2.45) is 5.73 Å². The molecule has 0 fully saturated rings. The maximum atomic E-state index is 12.9. The van der Waals surface area contributed by atoms with E-state index in [9.17, 15) is 12.8 Å². The smallest absolute Gasteiger partial charge is 0.265 e. The molecule has 0 aromatic heterocycles. The van der Waals surface area contributed by atoms with Crippen LogP contribution in [0.3, 0.4) is 0 Å². The van der Waals surface area contributed by atoms with Crippen molar-refractivity contribution in [3.63, 3.8) is 0 Å². The molecule has 0 amide bonds. The van der Waals surface area contributed by atoms with Crippen LogP contribution in [0.4, 0.5) is 10.1 Å². The lowest BCUT2D eigenvalue weighted by Gasteiger charge is -2.20. The van der Waals surface area contributed by atoms with Crippen LogP contribution < -0.4 is 10.0 Å². The third-order valence-electron chi connectivity index (χ3n) is 3.06. The quantitative estimate of drug-likeness (QED) is 0.938. The minimum absolute atomic E-state index is 0.0202. The molecule has 112 valence electrons. The number of benzene rings is 2. The molecular weight excluding hydrogens is 315 g/mol. The monoisotopic (exact) mass is 328 g/mol. The third-order valence-corrected chi connectivity index (χ3v) is 5.33. The first-order valence-corrected chi connectivity index (χ1v) is 7.91. The molecule has 4 nitrogen and oxygen atoms in total. The van der Waals surface area contributed by atoms with E-state index in [0.717, 1.165) is 9.87 Å². The fourth-order valence-electron chi connectivity index (χ4n) is 1.82. The average Bonchev–Trinajstić information content (AvgIpc) is 2.46. The highest BCUT2D eigenvalue weighted by Crippen LogP contribution is 2.28. The SMILES string of the molecule is CN(c1ccc(F)cc1)S(=O)(=O)c1ccc(CN)cc1Cl. The minimum atomic E-state index is -3.82. The summed E-state index contributed by atoms with van der Waals surface area (Å²) in [6.07, 6.45) is 0. The van der Waals surface area contributed by atoms with Crippen molar-refractivity contribution in [2.45, 2.75) is 11.4 Å². The molecule has 0 aliphatic carbocycles. The van der Waals surface area contributed by atoms with Gasteiger partial charge in [0.05, 0.1) is 10.7 Å². The molecule has 0 saturated heterocycles. The van der Waals surface area contributed by atoms with Crippen LogP contribution in [0.1, 0.15) is 5.56 Å². The third kappa shape index (κ3) is 3.18. The lowest BCUT2D eigenvalue weighted by molar-refractivity contribution is 0.594. The summed E-state index contributed by atoms with van der Waals surface area (Å²) < 4.78 is 39.1. The second kappa shape index (κ2) is 6.01. The van der Waals surface area contributed by atoms with Crippen LogP contribution in [-0.4, -0.2) is 15.5 Å². The van der Waals surface area contributed by atoms with Crippen LogP contribution in [0.25, 0.3) is 0 Å². The predicted octanol–water partition coefficient (Wildman–Crippen LogP) is 2.76. The van der Waals surface area contributed by atoms with Gasteiger partial charge >= 0.3 is 0 Å². The summed E-state index contributed by atoms with van der Waals surface area (Å²) >= 11 is 6.03. The van der Waals surface area contributed by atoms with Gasteiger partial charge in [0.2, 0.25) is 0 Å². The molecule has 0 unspecified atom stereocenters. The number of rotatable bonds is 4. The maximum Gasteiger partial charge on any atom is 0.265 e. The summed E-state index contributed by atoms with van der Waals surface area (Å²) in [6, 6.07) is 9.70. The molecule has 0 radical (unpaired) electrons. The molecule has 2 N–H and O–H groups in total. The van der Waals surface area contributed by atoms with Crippen molar-refractivity contribution in [3.8, 4) is 0 Å². The van der Waals surface area contributed by atoms with Crippen molar-refractivity contribution in [1.82, 2.24) is 0 Å². The van der Waals surface area contributed by atoms with Gasteiger partial charge in [-0.3, -0.25) is 4.31 Å².